The van der Waals surface area contributed by atoms with Crippen molar-refractivity contribution in [1.82, 2.24) is 14.6 Å². The number of halogens is 6. The van der Waals surface area contributed by atoms with E-state index in [9.17, 15) is 26.3 Å². The van der Waals surface area contributed by atoms with E-state index in [1.54, 1.807) is 18.2 Å². The quantitative estimate of drug-likeness (QED) is 0.667. The van der Waals surface area contributed by atoms with Crippen molar-refractivity contribution in [2.45, 2.75) is 25.2 Å². The average Bonchev–Trinajstić information content (AvgIpc) is 3.19. The zero-order valence-electron chi connectivity index (χ0n) is 13.6. The summed E-state index contributed by atoms with van der Waals surface area (Å²) in [6.07, 6.45) is -9.06. The average molecular weight is 386 g/mol. The van der Waals surface area contributed by atoms with E-state index in [1.165, 1.54) is 0 Å². The van der Waals surface area contributed by atoms with E-state index in [2.05, 4.69) is 15.4 Å². The summed E-state index contributed by atoms with van der Waals surface area (Å²) in [6, 6.07) is 6.80. The Balaban J connectivity index is 1.86. The first-order valence-electron chi connectivity index (χ1n) is 8.01. The molecule has 3 heterocycles. The van der Waals surface area contributed by atoms with Gasteiger partial charge in [0.25, 0.3) is 5.82 Å². The molecule has 10 heteroatoms. The van der Waals surface area contributed by atoms with Crippen LogP contribution >= 0.6 is 0 Å². The monoisotopic (exact) mass is 386 g/mol. The van der Waals surface area contributed by atoms with Gasteiger partial charge in [-0.2, -0.15) is 26.3 Å². The fourth-order valence-electron chi connectivity index (χ4n) is 3.21. The molecule has 1 N–H and O–H groups in total. The molecular formula is C17H12F6N4. The number of rotatable bonds is 2. The van der Waals surface area contributed by atoms with Gasteiger partial charge in [0.15, 0.2) is 5.65 Å². The smallest absolute Gasteiger partial charge is 0.384 e. The highest BCUT2D eigenvalue weighted by molar-refractivity contribution is 5.57. The zero-order chi connectivity index (χ0) is 19.4. The molecule has 142 valence electrons. The van der Waals surface area contributed by atoms with Gasteiger partial charge in [0.2, 0.25) is 0 Å². The van der Waals surface area contributed by atoms with Gasteiger partial charge in [-0.15, -0.1) is 5.10 Å². The lowest BCUT2D eigenvalue weighted by molar-refractivity contribution is -0.144. The maximum atomic E-state index is 13.4. The highest BCUT2D eigenvalue weighted by Gasteiger charge is 2.39. The molecule has 4 rings (SSSR count). The Kier molecular flexibility index (Phi) is 3.83. The number of nitrogens with one attached hydrogen (secondary N) is 1. The third-order valence-electron chi connectivity index (χ3n) is 4.41. The first kappa shape index (κ1) is 17.6. The van der Waals surface area contributed by atoms with Crippen molar-refractivity contribution >= 4 is 11.3 Å². The number of hydrogen-bond donors (Lipinski definition) is 1. The maximum absolute atomic E-state index is 13.4. The summed E-state index contributed by atoms with van der Waals surface area (Å²) in [5.41, 5.74) is 0.727. The molecule has 0 atom stereocenters. The second kappa shape index (κ2) is 5.86. The lowest BCUT2D eigenvalue weighted by Crippen LogP contribution is -2.14. The van der Waals surface area contributed by atoms with Gasteiger partial charge in [0, 0.05) is 18.7 Å². The van der Waals surface area contributed by atoms with Crippen LogP contribution in [0.3, 0.4) is 0 Å². The van der Waals surface area contributed by atoms with Crippen LogP contribution in [0, 0.1) is 0 Å². The SMILES string of the molecule is FC(F)(F)c1nc2ccc(C(F)(F)F)c(Cc3ccc4c(c3)CCN4)n2n1. The molecule has 1 aliphatic heterocycles. The first-order valence-corrected chi connectivity index (χ1v) is 8.01. The molecule has 2 aromatic heterocycles. The number of hydrogen-bond acceptors (Lipinski definition) is 3. The fourth-order valence-corrected chi connectivity index (χ4v) is 3.21. The minimum Gasteiger partial charge on any atom is -0.384 e. The summed E-state index contributed by atoms with van der Waals surface area (Å²) in [5, 5.41) is 6.44. The Bertz CT molecular complexity index is 1020. The fraction of sp³-hybridized carbons (Fsp3) is 0.294. The summed E-state index contributed by atoms with van der Waals surface area (Å²) in [7, 11) is 0. The van der Waals surface area contributed by atoms with Gasteiger partial charge in [-0.05, 0) is 35.7 Å². The van der Waals surface area contributed by atoms with Gasteiger partial charge in [-0.3, -0.25) is 0 Å². The molecule has 0 aliphatic carbocycles. The number of nitrogens with zero attached hydrogens (tertiary/aromatic N) is 3. The molecule has 1 aromatic carbocycles. The molecule has 0 radical (unpaired) electrons. The molecule has 27 heavy (non-hydrogen) atoms. The van der Waals surface area contributed by atoms with E-state index >= 15 is 0 Å². The van der Waals surface area contributed by atoms with Gasteiger partial charge in [0.05, 0.1) is 11.3 Å². The minimum absolute atomic E-state index is 0.222. The predicted molar refractivity (Wildman–Crippen MR) is 84.4 cm³/mol. The van der Waals surface area contributed by atoms with Crippen LogP contribution in [-0.2, 0) is 25.2 Å². The summed E-state index contributed by atoms with van der Waals surface area (Å²) in [6.45, 7) is 0.736. The van der Waals surface area contributed by atoms with Gasteiger partial charge in [0.1, 0.15) is 0 Å². The van der Waals surface area contributed by atoms with E-state index in [-0.39, 0.29) is 17.8 Å². The van der Waals surface area contributed by atoms with Crippen molar-refractivity contribution in [1.29, 1.82) is 0 Å². The number of fused-ring (bicyclic) bond motifs is 2. The van der Waals surface area contributed by atoms with Gasteiger partial charge in [-0.25, -0.2) is 9.50 Å². The van der Waals surface area contributed by atoms with Crippen LogP contribution in [0.2, 0.25) is 0 Å². The first-order chi connectivity index (χ1) is 12.6. The number of alkyl halides is 6. The van der Waals surface area contributed by atoms with E-state index in [1.807, 2.05) is 0 Å². The molecule has 1 aliphatic rings. The minimum atomic E-state index is -4.85. The van der Waals surface area contributed by atoms with Crippen molar-refractivity contribution in [3.05, 3.63) is 58.5 Å². The topological polar surface area (TPSA) is 42.2 Å². The summed E-state index contributed by atoms with van der Waals surface area (Å²) < 4.78 is 79.7. The molecule has 0 fully saturated rings. The van der Waals surface area contributed by atoms with Crippen LogP contribution in [0.15, 0.2) is 30.3 Å². The van der Waals surface area contributed by atoms with Crippen molar-refractivity contribution in [3.8, 4) is 0 Å². The van der Waals surface area contributed by atoms with E-state index in [4.69, 9.17) is 0 Å². The maximum Gasteiger partial charge on any atom is 0.453 e. The van der Waals surface area contributed by atoms with E-state index in [0.717, 1.165) is 36.3 Å². The highest BCUT2D eigenvalue weighted by atomic mass is 19.4. The standard InChI is InChI=1S/C17H12F6N4/c18-16(19,20)11-2-4-14-25-15(17(21,22)23)26-27(14)13(11)8-9-1-3-12-10(7-9)5-6-24-12/h1-4,7,24H,5-6,8H2. The Morgan fingerprint density at radius 1 is 1.00 bits per heavy atom. The number of aromatic nitrogens is 3. The van der Waals surface area contributed by atoms with Crippen LogP contribution < -0.4 is 5.32 Å². The Morgan fingerprint density at radius 2 is 1.78 bits per heavy atom. The van der Waals surface area contributed by atoms with Crippen LogP contribution in [0.1, 0.15) is 28.2 Å². The lowest BCUT2D eigenvalue weighted by Gasteiger charge is -2.14. The number of anilines is 1. The Hall–Kier alpha value is -2.78. The molecule has 0 saturated carbocycles. The van der Waals surface area contributed by atoms with Gasteiger partial charge < -0.3 is 5.32 Å². The molecule has 0 amide bonds. The molecule has 0 saturated heterocycles. The van der Waals surface area contributed by atoms with Crippen molar-refractivity contribution in [2.75, 3.05) is 11.9 Å². The molecule has 0 unspecified atom stereocenters. The van der Waals surface area contributed by atoms with Crippen LogP contribution in [-0.4, -0.2) is 21.1 Å². The predicted octanol–water partition coefficient (Wildman–Crippen LogP) is 4.33. The van der Waals surface area contributed by atoms with Crippen molar-refractivity contribution < 1.29 is 26.3 Å². The van der Waals surface area contributed by atoms with Crippen LogP contribution in [0.25, 0.3) is 5.65 Å². The second-order valence-corrected chi connectivity index (χ2v) is 6.24. The number of benzene rings is 1. The Morgan fingerprint density at radius 3 is 2.48 bits per heavy atom. The van der Waals surface area contributed by atoms with Crippen LogP contribution in [0.4, 0.5) is 32.0 Å². The largest absolute Gasteiger partial charge is 0.453 e. The second-order valence-electron chi connectivity index (χ2n) is 6.24. The lowest BCUT2D eigenvalue weighted by atomic mass is 10.0. The third-order valence-corrected chi connectivity index (χ3v) is 4.41. The van der Waals surface area contributed by atoms with Crippen molar-refractivity contribution in [2.24, 2.45) is 0 Å². The zero-order valence-corrected chi connectivity index (χ0v) is 13.6. The van der Waals surface area contributed by atoms with E-state index in [0.29, 0.717) is 10.1 Å². The van der Waals surface area contributed by atoms with E-state index < -0.39 is 23.7 Å². The van der Waals surface area contributed by atoms with Crippen molar-refractivity contribution in [3.63, 3.8) is 0 Å². The Labute approximate surface area is 148 Å². The molecule has 4 nitrogen and oxygen atoms in total. The van der Waals surface area contributed by atoms with Gasteiger partial charge in [-0.1, -0.05) is 12.1 Å². The normalized spacial score (nSPS) is 14.4. The molecule has 0 bridgehead atoms. The number of pyridine rings is 1. The summed E-state index contributed by atoms with van der Waals surface area (Å²) in [5.74, 6) is -1.47. The molecule has 0 spiro atoms. The highest BCUT2D eigenvalue weighted by Crippen LogP contribution is 2.35. The molecular weight excluding hydrogens is 374 g/mol. The summed E-state index contributed by atoms with van der Waals surface area (Å²) >= 11 is 0. The summed E-state index contributed by atoms with van der Waals surface area (Å²) in [4.78, 5) is 3.32. The molecule has 3 aromatic rings. The third kappa shape index (κ3) is 3.19. The van der Waals surface area contributed by atoms with Crippen LogP contribution in [0.5, 0.6) is 0 Å². The van der Waals surface area contributed by atoms with Gasteiger partial charge >= 0.3 is 12.4 Å².